The average Bonchev–Trinajstić information content (AvgIpc) is 3.36. The van der Waals surface area contributed by atoms with Crippen LogP contribution < -0.4 is 25.5 Å². The van der Waals surface area contributed by atoms with E-state index in [4.69, 9.17) is 29.3 Å². The van der Waals surface area contributed by atoms with E-state index in [9.17, 15) is 9.59 Å². The van der Waals surface area contributed by atoms with E-state index >= 15 is 0 Å². The summed E-state index contributed by atoms with van der Waals surface area (Å²) in [5.41, 5.74) is 6.55. The van der Waals surface area contributed by atoms with Gasteiger partial charge >= 0.3 is 0 Å². The highest BCUT2D eigenvalue weighted by molar-refractivity contribution is 5.88. The van der Waals surface area contributed by atoms with E-state index < -0.39 is 5.91 Å². The zero-order valence-electron chi connectivity index (χ0n) is 20.7. The number of carbonyl (C=O) groups excluding carboxylic acids is 1. The quantitative estimate of drug-likeness (QED) is 0.296. The number of furan rings is 1. The second kappa shape index (κ2) is 10.5. The predicted octanol–water partition coefficient (Wildman–Crippen LogP) is 3.96. The van der Waals surface area contributed by atoms with Crippen LogP contribution in [0.2, 0.25) is 0 Å². The van der Waals surface area contributed by atoms with Crippen molar-refractivity contribution in [3.05, 3.63) is 82.6 Å². The standard InChI is InChI=1S/C28H24N4O6/c1-3-36-24-13-17(11-12-23(24)37-16-26(29)33)15-30-32-27(31-20-8-5-4-7-18(20)28(32)34)25-14-19-21(35-2)9-6-10-22(19)38-25/h4-15H,3,16H2,1-2H3,(H2,29,33). The van der Waals surface area contributed by atoms with Gasteiger partial charge in [-0.25, -0.2) is 4.98 Å². The Bertz CT molecular complexity index is 1740. The summed E-state index contributed by atoms with van der Waals surface area (Å²) in [4.78, 5) is 29.3. The van der Waals surface area contributed by atoms with Crippen LogP contribution in [0.4, 0.5) is 0 Å². The SMILES string of the molecule is CCOc1cc(C=Nn2c(-c3cc4c(OC)cccc4o3)nc3ccccc3c2=O)ccc1OCC(N)=O. The molecule has 0 atom stereocenters. The summed E-state index contributed by atoms with van der Waals surface area (Å²) in [7, 11) is 1.58. The van der Waals surface area contributed by atoms with E-state index in [1.165, 1.54) is 10.9 Å². The third kappa shape index (κ3) is 4.79. The fraction of sp³-hybridized carbons (Fsp3) is 0.143. The molecule has 0 radical (unpaired) electrons. The maximum absolute atomic E-state index is 13.5. The monoisotopic (exact) mass is 512 g/mol. The van der Waals surface area contributed by atoms with Crippen molar-refractivity contribution in [2.24, 2.45) is 10.8 Å². The second-order valence-electron chi connectivity index (χ2n) is 8.19. The zero-order chi connectivity index (χ0) is 26.6. The van der Waals surface area contributed by atoms with Gasteiger partial charge in [0, 0.05) is 0 Å². The van der Waals surface area contributed by atoms with Gasteiger partial charge in [0.05, 0.1) is 36.2 Å². The Morgan fingerprint density at radius 3 is 2.66 bits per heavy atom. The van der Waals surface area contributed by atoms with Crippen molar-refractivity contribution in [1.82, 2.24) is 9.66 Å². The number of para-hydroxylation sites is 1. The van der Waals surface area contributed by atoms with E-state index in [-0.39, 0.29) is 18.0 Å². The summed E-state index contributed by atoms with van der Waals surface area (Å²) in [6, 6.07) is 19.3. The molecule has 10 heteroatoms. The molecule has 2 heterocycles. The van der Waals surface area contributed by atoms with Crippen LogP contribution >= 0.6 is 0 Å². The van der Waals surface area contributed by atoms with Gasteiger partial charge < -0.3 is 24.4 Å². The lowest BCUT2D eigenvalue weighted by Gasteiger charge is -2.11. The third-order valence-electron chi connectivity index (χ3n) is 5.68. The number of benzene rings is 3. The maximum atomic E-state index is 13.5. The molecule has 0 aliphatic heterocycles. The maximum Gasteiger partial charge on any atom is 0.282 e. The Kier molecular flexibility index (Phi) is 6.77. The molecule has 192 valence electrons. The minimum atomic E-state index is -0.600. The Morgan fingerprint density at radius 1 is 1.03 bits per heavy atom. The minimum absolute atomic E-state index is 0.231. The molecule has 0 unspecified atom stereocenters. The highest BCUT2D eigenvalue weighted by Crippen LogP contribution is 2.33. The molecule has 5 aromatic rings. The van der Waals surface area contributed by atoms with Crippen LogP contribution in [-0.4, -0.2) is 42.1 Å². The molecule has 5 rings (SSSR count). The van der Waals surface area contributed by atoms with Gasteiger partial charge in [0.2, 0.25) is 5.82 Å². The summed E-state index contributed by atoms with van der Waals surface area (Å²) >= 11 is 0. The van der Waals surface area contributed by atoms with Crippen molar-refractivity contribution in [2.45, 2.75) is 6.92 Å². The summed E-state index contributed by atoms with van der Waals surface area (Å²) in [5.74, 6) is 1.40. The molecule has 3 aromatic carbocycles. The van der Waals surface area contributed by atoms with Crippen LogP contribution in [0, 0.1) is 0 Å². The molecule has 2 N–H and O–H groups in total. The summed E-state index contributed by atoms with van der Waals surface area (Å²) in [6.45, 7) is 1.92. The lowest BCUT2D eigenvalue weighted by atomic mass is 10.2. The van der Waals surface area contributed by atoms with Gasteiger partial charge in [-0.15, -0.1) is 0 Å². The van der Waals surface area contributed by atoms with Gasteiger partial charge in [-0.1, -0.05) is 18.2 Å². The van der Waals surface area contributed by atoms with Crippen LogP contribution in [0.3, 0.4) is 0 Å². The summed E-state index contributed by atoms with van der Waals surface area (Å²) in [5, 5.41) is 5.63. The predicted molar refractivity (Wildman–Crippen MR) is 143 cm³/mol. The first-order valence-corrected chi connectivity index (χ1v) is 11.8. The molecule has 0 fully saturated rings. The molecule has 1 amide bonds. The number of primary amides is 1. The number of amides is 1. The third-order valence-corrected chi connectivity index (χ3v) is 5.68. The Hall–Kier alpha value is -5.12. The topological polar surface area (TPSA) is 131 Å². The van der Waals surface area contributed by atoms with Gasteiger partial charge in [-0.3, -0.25) is 9.59 Å². The number of nitrogens with two attached hydrogens (primary N) is 1. The molecule has 0 aliphatic carbocycles. The number of nitrogens with zero attached hydrogens (tertiary/aromatic N) is 3. The first-order valence-electron chi connectivity index (χ1n) is 11.8. The van der Waals surface area contributed by atoms with E-state index in [0.29, 0.717) is 51.7 Å². The Morgan fingerprint density at radius 2 is 1.87 bits per heavy atom. The smallest absolute Gasteiger partial charge is 0.282 e. The number of hydrogen-bond acceptors (Lipinski definition) is 8. The van der Waals surface area contributed by atoms with E-state index in [0.717, 1.165) is 5.39 Å². The Labute approximate surface area is 216 Å². The van der Waals surface area contributed by atoms with Crippen molar-refractivity contribution in [1.29, 1.82) is 0 Å². The fourth-order valence-electron chi connectivity index (χ4n) is 3.98. The second-order valence-corrected chi connectivity index (χ2v) is 8.19. The molecule has 0 saturated heterocycles. The van der Waals surface area contributed by atoms with E-state index in [1.54, 1.807) is 49.6 Å². The Balaban J connectivity index is 1.62. The highest BCUT2D eigenvalue weighted by atomic mass is 16.5. The van der Waals surface area contributed by atoms with Crippen molar-refractivity contribution >= 4 is 34.0 Å². The average molecular weight is 513 g/mol. The van der Waals surface area contributed by atoms with Gasteiger partial charge in [0.1, 0.15) is 11.3 Å². The number of rotatable bonds is 9. The van der Waals surface area contributed by atoms with Crippen LogP contribution in [0.1, 0.15) is 12.5 Å². The van der Waals surface area contributed by atoms with Gasteiger partial charge in [0.25, 0.3) is 11.5 Å². The minimum Gasteiger partial charge on any atom is -0.496 e. The fourth-order valence-corrected chi connectivity index (χ4v) is 3.98. The molecule has 0 saturated carbocycles. The largest absolute Gasteiger partial charge is 0.496 e. The summed E-state index contributed by atoms with van der Waals surface area (Å²) < 4.78 is 23.8. The molecule has 0 bridgehead atoms. The highest BCUT2D eigenvalue weighted by Gasteiger charge is 2.18. The van der Waals surface area contributed by atoms with Gasteiger partial charge in [0.15, 0.2) is 23.9 Å². The van der Waals surface area contributed by atoms with E-state index in [1.807, 2.05) is 31.2 Å². The van der Waals surface area contributed by atoms with Gasteiger partial charge in [-0.05, 0) is 61.0 Å². The molecule has 0 aliphatic rings. The zero-order valence-corrected chi connectivity index (χ0v) is 20.7. The van der Waals surface area contributed by atoms with Crippen LogP contribution in [0.25, 0.3) is 33.5 Å². The number of carbonyl (C=O) groups is 1. The van der Waals surface area contributed by atoms with Crippen molar-refractivity contribution in [3.8, 4) is 28.8 Å². The molecule has 38 heavy (non-hydrogen) atoms. The lowest BCUT2D eigenvalue weighted by Crippen LogP contribution is -2.20. The summed E-state index contributed by atoms with van der Waals surface area (Å²) in [6.07, 6.45) is 1.50. The lowest BCUT2D eigenvalue weighted by molar-refractivity contribution is -0.119. The first-order chi connectivity index (χ1) is 18.5. The number of ether oxygens (including phenoxy) is 3. The van der Waals surface area contributed by atoms with Crippen molar-refractivity contribution in [3.63, 3.8) is 0 Å². The number of methoxy groups -OCH3 is 1. The van der Waals surface area contributed by atoms with Crippen LogP contribution in [-0.2, 0) is 4.79 Å². The molecule has 0 spiro atoms. The van der Waals surface area contributed by atoms with Crippen molar-refractivity contribution < 1.29 is 23.4 Å². The molecular formula is C28H24N4O6. The van der Waals surface area contributed by atoms with E-state index in [2.05, 4.69) is 5.10 Å². The molecule has 10 nitrogen and oxygen atoms in total. The van der Waals surface area contributed by atoms with Crippen LogP contribution in [0.5, 0.6) is 17.2 Å². The normalized spacial score (nSPS) is 11.3. The molecular weight excluding hydrogens is 488 g/mol. The number of fused-ring (bicyclic) bond motifs is 2. The van der Waals surface area contributed by atoms with Crippen molar-refractivity contribution in [2.75, 3.05) is 20.3 Å². The number of hydrogen-bond donors (Lipinski definition) is 1. The van der Waals surface area contributed by atoms with Gasteiger partial charge in [-0.2, -0.15) is 9.78 Å². The number of aromatic nitrogens is 2. The first kappa shape index (κ1) is 24.6. The van der Waals surface area contributed by atoms with Crippen LogP contribution in [0.15, 0.2) is 81.0 Å². The molecule has 2 aromatic heterocycles.